The Morgan fingerprint density at radius 3 is 2.27 bits per heavy atom. The fraction of sp³-hybridized carbons (Fsp3) is 0.452. The number of aliphatic imine (C=N–C) groups is 1. The summed E-state index contributed by atoms with van der Waals surface area (Å²) in [6.45, 7) is 5.65. The molecule has 0 bridgehead atoms. The van der Waals surface area contributed by atoms with Gasteiger partial charge in [0.15, 0.2) is 28.8 Å². The number of Topliss-reactive ketones (excluding diaryl/α,β-unsaturated/α-hetero) is 1. The smallest absolute Gasteiger partial charge is 0.315 e. The summed E-state index contributed by atoms with van der Waals surface area (Å²) in [7, 11) is 6.30. The Bertz CT molecular complexity index is 1370. The maximum Gasteiger partial charge on any atom is 0.315 e. The number of allylic oxidation sites excluding steroid dienone is 2. The van der Waals surface area contributed by atoms with Gasteiger partial charge in [-0.3, -0.25) is 14.6 Å². The van der Waals surface area contributed by atoms with Crippen molar-refractivity contribution in [2.45, 2.75) is 58.0 Å². The van der Waals surface area contributed by atoms with E-state index in [4.69, 9.17) is 28.7 Å². The van der Waals surface area contributed by atoms with E-state index in [9.17, 15) is 9.59 Å². The molecule has 2 aromatic rings. The number of nitrogens with zero attached hydrogens (tertiary/aromatic N) is 1. The third-order valence-electron chi connectivity index (χ3n) is 7.73. The summed E-state index contributed by atoms with van der Waals surface area (Å²) >= 11 is 3.58. The van der Waals surface area contributed by atoms with Gasteiger partial charge in [-0.2, -0.15) is 0 Å². The van der Waals surface area contributed by atoms with Crippen LogP contribution >= 0.6 is 15.9 Å². The Labute approximate surface area is 243 Å². The number of carbonyl (C=O) groups excluding carboxylic acids is 2. The molecule has 9 heteroatoms. The lowest BCUT2D eigenvalue weighted by atomic mass is 9.69. The van der Waals surface area contributed by atoms with Gasteiger partial charge in [-0.15, -0.1) is 0 Å². The van der Waals surface area contributed by atoms with Crippen molar-refractivity contribution >= 4 is 33.4 Å². The quantitative estimate of drug-likeness (QED) is 0.302. The number of hydrogen-bond acceptors (Lipinski definition) is 8. The average Bonchev–Trinajstić information content (AvgIpc) is 2.95. The van der Waals surface area contributed by atoms with Crippen molar-refractivity contribution in [3.8, 4) is 23.0 Å². The van der Waals surface area contributed by atoms with Crippen LogP contribution in [0.25, 0.3) is 0 Å². The maximum absolute atomic E-state index is 14.0. The minimum Gasteiger partial charge on any atom is -0.493 e. The van der Waals surface area contributed by atoms with Crippen LogP contribution in [0.2, 0.25) is 0 Å². The molecule has 1 heterocycles. The lowest BCUT2D eigenvalue weighted by Crippen LogP contribution is -2.39. The van der Waals surface area contributed by atoms with E-state index in [1.807, 2.05) is 51.1 Å². The van der Waals surface area contributed by atoms with Crippen LogP contribution in [0.15, 0.2) is 51.1 Å². The van der Waals surface area contributed by atoms with Gasteiger partial charge >= 0.3 is 5.97 Å². The van der Waals surface area contributed by atoms with Crippen LogP contribution in [0.3, 0.4) is 0 Å². The second-order valence-corrected chi connectivity index (χ2v) is 11.0. The molecule has 214 valence electrons. The Morgan fingerprint density at radius 2 is 1.65 bits per heavy atom. The van der Waals surface area contributed by atoms with Gasteiger partial charge in [-0.1, -0.05) is 13.0 Å². The number of halogens is 1. The number of carbonyl (C=O) groups is 2. The molecule has 0 amide bonds. The molecule has 1 aliphatic heterocycles. The molecule has 0 saturated carbocycles. The summed E-state index contributed by atoms with van der Waals surface area (Å²) in [5.41, 5.74) is 3.57. The fourth-order valence-corrected chi connectivity index (χ4v) is 6.16. The van der Waals surface area contributed by atoms with Crippen molar-refractivity contribution in [3.63, 3.8) is 0 Å². The number of esters is 1. The van der Waals surface area contributed by atoms with Gasteiger partial charge in [0.25, 0.3) is 0 Å². The van der Waals surface area contributed by atoms with Crippen molar-refractivity contribution in [1.82, 2.24) is 0 Å². The number of benzene rings is 2. The second kappa shape index (κ2) is 12.5. The number of rotatable bonds is 9. The summed E-state index contributed by atoms with van der Waals surface area (Å²) in [5, 5.41) is 0. The first-order valence-corrected chi connectivity index (χ1v) is 14.1. The third kappa shape index (κ3) is 5.61. The standard InChI is InChI=1S/C31H36BrNO7/c1-8-16(2)40-31(35)27-17(3)33-22-12-19(18-9-10-24(36-4)25(14-18)37-5)13-23(34)29(22)28(27)20-11-21(32)30(39-7)26(15-20)38-6/h9-11,14-16,19,27-28H,8,12-13H2,1-7H3/t16-,19-,27?,28+/m1/s1. The average molecular weight is 615 g/mol. The SMILES string of the molecule is CC[C@@H](C)OC(=O)C1C(C)=NC2=C(C(=O)C[C@H](c3ccc(OC)c(OC)c3)C2)[C@H]1c1cc(Br)c(OC)c(OC)c1. The predicted molar refractivity (Wildman–Crippen MR) is 156 cm³/mol. The van der Waals surface area contributed by atoms with Gasteiger partial charge in [0.2, 0.25) is 0 Å². The molecular formula is C31H36BrNO7. The molecule has 0 spiro atoms. The molecule has 0 radical (unpaired) electrons. The molecule has 40 heavy (non-hydrogen) atoms. The van der Waals surface area contributed by atoms with E-state index in [1.54, 1.807) is 28.4 Å². The summed E-state index contributed by atoms with van der Waals surface area (Å²) in [4.78, 5) is 32.4. The van der Waals surface area contributed by atoms with Crippen molar-refractivity contribution in [1.29, 1.82) is 0 Å². The van der Waals surface area contributed by atoms with Gasteiger partial charge in [0.1, 0.15) is 5.92 Å². The molecular weight excluding hydrogens is 578 g/mol. The van der Waals surface area contributed by atoms with Crippen molar-refractivity contribution in [2.24, 2.45) is 10.9 Å². The molecule has 0 saturated heterocycles. The molecule has 0 aromatic heterocycles. The zero-order chi connectivity index (χ0) is 29.1. The largest absolute Gasteiger partial charge is 0.493 e. The van der Waals surface area contributed by atoms with Crippen LogP contribution in [0.1, 0.15) is 63.0 Å². The zero-order valence-corrected chi connectivity index (χ0v) is 25.6. The Morgan fingerprint density at radius 1 is 0.975 bits per heavy atom. The molecule has 2 aromatic carbocycles. The van der Waals surface area contributed by atoms with Crippen LogP contribution in [-0.2, 0) is 14.3 Å². The lowest BCUT2D eigenvalue weighted by molar-refractivity contribution is -0.151. The minimum absolute atomic E-state index is 0.0467. The second-order valence-electron chi connectivity index (χ2n) is 10.1. The van der Waals surface area contributed by atoms with E-state index in [1.165, 1.54) is 0 Å². The number of ketones is 1. The van der Waals surface area contributed by atoms with Gasteiger partial charge in [0, 0.05) is 29.3 Å². The third-order valence-corrected chi connectivity index (χ3v) is 8.32. The lowest BCUT2D eigenvalue weighted by Gasteiger charge is -2.37. The molecule has 1 unspecified atom stereocenters. The minimum atomic E-state index is -0.751. The van der Waals surface area contributed by atoms with Crippen LogP contribution < -0.4 is 18.9 Å². The summed E-state index contributed by atoms with van der Waals surface area (Å²) in [5.74, 6) is 0.390. The highest BCUT2D eigenvalue weighted by Gasteiger charge is 2.45. The molecule has 1 aliphatic carbocycles. The Hall–Kier alpha value is -3.33. The molecule has 4 atom stereocenters. The van der Waals surface area contributed by atoms with E-state index in [-0.39, 0.29) is 24.2 Å². The topological polar surface area (TPSA) is 92.7 Å². The van der Waals surface area contributed by atoms with Crippen LogP contribution in [-0.4, -0.2) is 52.0 Å². The van der Waals surface area contributed by atoms with Gasteiger partial charge < -0.3 is 23.7 Å². The summed E-state index contributed by atoms with van der Waals surface area (Å²) < 4.78 is 28.5. The molecule has 4 rings (SSSR count). The zero-order valence-electron chi connectivity index (χ0n) is 24.0. The van der Waals surface area contributed by atoms with Crippen molar-refractivity contribution < 1.29 is 33.3 Å². The van der Waals surface area contributed by atoms with Crippen LogP contribution in [0.4, 0.5) is 0 Å². The molecule has 0 fully saturated rings. The van der Waals surface area contributed by atoms with E-state index in [0.29, 0.717) is 57.3 Å². The van der Waals surface area contributed by atoms with Crippen LogP contribution in [0, 0.1) is 5.92 Å². The molecule has 0 N–H and O–H groups in total. The Kier molecular flexibility index (Phi) is 9.23. The first-order valence-electron chi connectivity index (χ1n) is 13.3. The highest BCUT2D eigenvalue weighted by atomic mass is 79.9. The highest BCUT2D eigenvalue weighted by Crippen LogP contribution is 2.49. The fourth-order valence-electron chi connectivity index (χ4n) is 5.54. The van der Waals surface area contributed by atoms with E-state index >= 15 is 0 Å². The normalized spacial score (nSPS) is 21.2. The van der Waals surface area contributed by atoms with Gasteiger partial charge in [-0.25, -0.2) is 0 Å². The summed E-state index contributed by atoms with van der Waals surface area (Å²) in [6, 6.07) is 9.43. The van der Waals surface area contributed by atoms with E-state index in [0.717, 1.165) is 11.1 Å². The predicted octanol–water partition coefficient (Wildman–Crippen LogP) is 6.40. The summed E-state index contributed by atoms with van der Waals surface area (Å²) in [6.07, 6.45) is 1.25. The number of hydrogen-bond donors (Lipinski definition) is 0. The van der Waals surface area contributed by atoms with Gasteiger partial charge in [-0.05, 0) is 83.9 Å². The van der Waals surface area contributed by atoms with Crippen molar-refractivity contribution in [2.75, 3.05) is 28.4 Å². The first-order chi connectivity index (χ1) is 19.2. The number of methoxy groups -OCH3 is 4. The molecule has 2 aliphatic rings. The monoisotopic (exact) mass is 613 g/mol. The maximum atomic E-state index is 14.0. The van der Waals surface area contributed by atoms with E-state index in [2.05, 4.69) is 15.9 Å². The molecule has 8 nitrogen and oxygen atoms in total. The Balaban J connectivity index is 1.83. The van der Waals surface area contributed by atoms with Crippen molar-refractivity contribution in [3.05, 3.63) is 57.2 Å². The van der Waals surface area contributed by atoms with Crippen LogP contribution in [0.5, 0.6) is 23.0 Å². The van der Waals surface area contributed by atoms with Gasteiger partial charge in [0.05, 0.1) is 39.0 Å². The number of ether oxygens (including phenoxy) is 5. The first kappa shape index (κ1) is 29.6. The highest BCUT2D eigenvalue weighted by molar-refractivity contribution is 9.10. The van der Waals surface area contributed by atoms with E-state index < -0.39 is 17.8 Å².